The van der Waals surface area contributed by atoms with Crippen molar-refractivity contribution < 1.29 is 4.79 Å². The molecule has 0 unspecified atom stereocenters. The summed E-state index contributed by atoms with van der Waals surface area (Å²) in [6.45, 7) is 2.02. The fourth-order valence-electron chi connectivity index (χ4n) is 3.16. The van der Waals surface area contributed by atoms with Gasteiger partial charge < -0.3 is 10.2 Å². The van der Waals surface area contributed by atoms with Crippen molar-refractivity contribution in [2.24, 2.45) is 0 Å². The quantitative estimate of drug-likeness (QED) is 0.789. The third kappa shape index (κ3) is 3.57. The van der Waals surface area contributed by atoms with Gasteiger partial charge in [-0.25, -0.2) is 0 Å². The van der Waals surface area contributed by atoms with Crippen LogP contribution in [-0.4, -0.2) is 27.5 Å². The monoisotopic (exact) mass is 344 g/mol. The van der Waals surface area contributed by atoms with Crippen LogP contribution in [0.5, 0.6) is 0 Å². The third-order valence-electron chi connectivity index (χ3n) is 4.62. The predicted molar refractivity (Wildman–Crippen MR) is 101 cm³/mol. The van der Waals surface area contributed by atoms with E-state index in [0.717, 1.165) is 6.42 Å². The van der Waals surface area contributed by atoms with E-state index in [-0.39, 0.29) is 5.91 Å². The number of hydrogen-bond donors (Lipinski definition) is 1. The van der Waals surface area contributed by atoms with Crippen LogP contribution in [-0.2, 0) is 19.5 Å². The van der Waals surface area contributed by atoms with Gasteiger partial charge in [-0.05, 0) is 35.2 Å². The molecule has 5 nitrogen and oxygen atoms in total. The minimum atomic E-state index is -0.0680. The molecule has 0 atom stereocenters. The van der Waals surface area contributed by atoms with E-state index in [1.54, 1.807) is 12.1 Å². The first-order chi connectivity index (χ1) is 12.8. The summed E-state index contributed by atoms with van der Waals surface area (Å²) >= 11 is 0. The first kappa shape index (κ1) is 16.3. The van der Waals surface area contributed by atoms with Gasteiger partial charge in [-0.1, -0.05) is 54.6 Å². The lowest BCUT2D eigenvalue weighted by atomic mass is 10.00. The van der Waals surface area contributed by atoms with Gasteiger partial charge in [0.2, 0.25) is 0 Å². The lowest BCUT2D eigenvalue weighted by molar-refractivity contribution is 0.0727. The first-order valence-corrected chi connectivity index (χ1v) is 8.77. The Hall–Kier alpha value is -3.21. The van der Waals surface area contributed by atoms with Crippen molar-refractivity contribution in [1.82, 2.24) is 15.1 Å². The molecule has 26 heavy (non-hydrogen) atoms. The van der Waals surface area contributed by atoms with Crippen molar-refractivity contribution in [1.29, 1.82) is 0 Å². The van der Waals surface area contributed by atoms with E-state index in [4.69, 9.17) is 0 Å². The number of carbonyl (C=O) groups excluding carboxylic acids is 1. The Morgan fingerprint density at radius 1 is 0.923 bits per heavy atom. The molecule has 4 rings (SSSR count). The molecule has 1 amide bonds. The SMILES string of the molecule is O=C(c1ccc(NCc2ccccc2)nn1)N1CCc2ccccc2C1. The molecule has 2 aromatic carbocycles. The molecule has 0 saturated carbocycles. The molecule has 0 fully saturated rings. The van der Waals surface area contributed by atoms with E-state index in [2.05, 4.69) is 27.6 Å². The molecule has 0 saturated heterocycles. The van der Waals surface area contributed by atoms with E-state index in [9.17, 15) is 4.79 Å². The van der Waals surface area contributed by atoms with Crippen LogP contribution in [0.3, 0.4) is 0 Å². The van der Waals surface area contributed by atoms with Gasteiger partial charge in [0.15, 0.2) is 5.69 Å². The summed E-state index contributed by atoms with van der Waals surface area (Å²) in [4.78, 5) is 14.5. The Labute approximate surface area is 152 Å². The molecule has 1 N–H and O–H groups in total. The van der Waals surface area contributed by atoms with Crippen molar-refractivity contribution in [2.75, 3.05) is 11.9 Å². The summed E-state index contributed by atoms with van der Waals surface area (Å²) in [6.07, 6.45) is 0.881. The molecule has 1 aliphatic rings. The standard InChI is InChI=1S/C21H20N4O/c26-21(25-13-12-17-8-4-5-9-18(17)15-25)19-10-11-20(24-23-19)22-14-16-6-2-1-3-7-16/h1-11H,12-15H2,(H,22,24). The summed E-state index contributed by atoms with van der Waals surface area (Å²) in [5.74, 6) is 0.594. The van der Waals surface area contributed by atoms with Gasteiger partial charge in [0.05, 0.1) is 0 Å². The zero-order valence-electron chi connectivity index (χ0n) is 14.4. The second-order valence-corrected chi connectivity index (χ2v) is 6.39. The minimum absolute atomic E-state index is 0.0680. The maximum atomic E-state index is 12.7. The van der Waals surface area contributed by atoms with Gasteiger partial charge in [0.25, 0.3) is 5.91 Å². The Bertz CT molecular complexity index is 893. The van der Waals surface area contributed by atoms with Crippen LogP contribution in [0.4, 0.5) is 5.82 Å². The van der Waals surface area contributed by atoms with Gasteiger partial charge in [-0.3, -0.25) is 4.79 Å². The first-order valence-electron chi connectivity index (χ1n) is 8.77. The molecule has 0 radical (unpaired) electrons. The number of amides is 1. The highest BCUT2D eigenvalue weighted by atomic mass is 16.2. The number of rotatable bonds is 4. The minimum Gasteiger partial charge on any atom is -0.365 e. The second kappa shape index (κ2) is 7.35. The molecule has 130 valence electrons. The van der Waals surface area contributed by atoms with Gasteiger partial charge in [-0.15, -0.1) is 10.2 Å². The zero-order valence-corrected chi connectivity index (χ0v) is 14.4. The zero-order chi connectivity index (χ0) is 17.8. The molecule has 0 spiro atoms. The number of aromatic nitrogens is 2. The molecule has 0 aliphatic carbocycles. The highest BCUT2D eigenvalue weighted by Gasteiger charge is 2.22. The summed E-state index contributed by atoms with van der Waals surface area (Å²) in [5.41, 5.74) is 4.08. The van der Waals surface area contributed by atoms with Gasteiger partial charge >= 0.3 is 0 Å². The largest absolute Gasteiger partial charge is 0.365 e. The van der Waals surface area contributed by atoms with Crippen LogP contribution >= 0.6 is 0 Å². The van der Waals surface area contributed by atoms with Gasteiger partial charge in [0.1, 0.15) is 5.82 Å². The number of nitrogens with one attached hydrogen (secondary N) is 1. The van der Waals surface area contributed by atoms with E-state index in [0.29, 0.717) is 31.1 Å². The van der Waals surface area contributed by atoms with Crippen LogP contribution in [0.25, 0.3) is 0 Å². The molecular weight excluding hydrogens is 324 g/mol. The highest BCUT2D eigenvalue weighted by Crippen LogP contribution is 2.20. The molecule has 1 aliphatic heterocycles. The van der Waals surface area contributed by atoms with Crippen LogP contribution in [0.15, 0.2) is 66.7 Å². The normalized spacial score (nSPS) is 13.2. The lowest BCUT2D eigenvalue weighted by Gasteiger charge is -2.28. The van der Waals surface area contributed by atoms with Gasteiger partial charge in [0, 0.05) is 19.6 Å². The fraction of sp³-hybridized carbons (Fsp3) is 0.190. The number of nitrogens with zero attached hydrogens (tertiary/aromatic N) is 3. The van der Waals surface area contributed by atoms with Crippen molar-refractivity contribution in [3.05, 3.63) is 89.1 Å². The van der Waals surface area contributed by atoms with Crippen LogP contribution < -0.4 is 5.32 Å². The summed E-state index contributed by atoms with van der Waals surface area (Å²) in [5, 5.41) is 11.5. The molecule has 3 aromatic rings. The van der Waals surface area contributed by atoms with Crippen molar-refractivity contribution >= 4 is 11.7 Å². The number of fused-ring (bicyclic) bond motifs is 1. The third-order valence-corrected chi connectivity index (χ3v) is 4.62. The van der Waals surface area contributed by atoms with Crippen molar-refractivity contribution in [2.45, 2.75) is 19.5 Å². The number of benzene rings is 2. The van der Waals surface area contributed by atoms with Crippen molar-refractivity contribution in [3.63, 3.8) is 0 Å². The Morgan fingerprint density at radius 2 is 1.69 bits per heavy atom. The molecule has 2 heterocycles. The molecule has 0 bridgehead atoms. The highest BCUT2D eigenvalue weighted by molar-refractivity contribution is 5.92. The summed E-state index contributed by atoms with van der Waals surface area (Å²) < 4.78 is 0. The number of hydrogen-bond acceptors (Lipinski definition) is 4. The van der Waals surface area contributed by atoms with Gasteiger partial charge in [-0.2, -0.15) is 0 Å². The summed E-state index contributed by atoms with van der Waals surface area (Å²) in [6, 6.07) is 21.9. The fourth-order valence-corrected chi connectivity index (χ4v) is 3.16. The topological polar surface area (TPSA) is 58.1 Å². The van der Waals surface area contributed by atoms with E-state index in [1.165, 1.54) is 16.7 Å². The Balaban J connectivity index is 1.40. The Morgan fingerprint density at radius 3 is 2.46 bits per heavy atom. The Kier molecular flexibility index (Phi) is 4.60. The molecular formula is C21H20N4O. The summed E-state index contributed by atoms with van der Waals surface area (Å²) in [7, 11) is 0. The molecule has 1 aromatic heterocycles. The van der Waals surface area contributed by atoms with E-state index < -0.39 is 0 Å². The lowest BCUT2D eigenvalue weighted by Crippen LogP contribution is -2.36. The number of carbonyl (C=O) groups is 1. The van der Waals surface area contributed by atoms with Crippen molar-refractivity contribution in [3.8, 4) is 0 Å². The van der Waals surface area contributed by atoms with Crippen LogP contribution in [0.2, 0.25) is 0 Å². The second-order valence-electron chi connectivity index (χ2n) is 6.39. The number of anilines is 1. The maximum absolute atomic E-state index is 12.7. The predicted octanol–water partition coefficient (Wildman–Crippen LogP) is 3.29. The smallest absolute Gasteiger partial charge is 0.274 e. The van der Waals surface area contributed by atoms with E-state index in [1.807, 2.05) is 47.4 Å². The average molecular weight is 344 g/mol. The maximum Gasteiger partial charge on any atom is 0.274 e. The van der Waals surface area contributed by atoms with Crippen LogP contribution in [0, 0.1) is 0 Å². The van der Waals surface area contributed by atoms with Crippen LogP contribution in [0.1, 0.15) is 27.2 Å². The molecule has 5 heteroatoms. The average Bonchev–Trinajstić information content (AvgIpc) is 2.72. The van der Waals surface area contributed by atoms with E-state index >= 15 is 0 Å².